The summed E-state index contributed by atoms with van der Waals surface area (Å²) in [5.41, 5.74) is 1.29. The minimum atomic E-state index is -0.484. The molecule has 0 unspecified atom stereocenters. The largest absolute Gasteiger partial charge is 0.444 e. The quantitative estimate of drug-likeness (QED) is 0.917. The lowest BCUT2D eigenvalue weighted by Gasteiger charge is -2.34. The minimum Gasteiger partial charge on any atom is -0.444 e. The predicted molar refractivity (Wildman–Crippen MR) is 94.1 cm³/mol. The lowest BCUT2D eigenvalue weighted by Crippen LogP contribution is -2.49. The molecule has 24 heavy (non-hydrogen) atoms. The molecule has 1 fully saturated rings. The number of aromatic nitrogens is 2. The zero-order valence-corrected chi connectivity index (χ0v) is 14.5. The molecule has 1 amide bonds. The molecule has 0 saturated carbocycles. The summed E-state index contributed by atoms with van der Waals surface area (Å²) in [5.74, 6) is 0.851. The van der Waals surface area contributed by atoms with Crippen LogP contribution in [-0.2, 0) is 4.74 Å². The molecule has 0 aliphatic carbocycles. The number of ether oxygens (including phenoxy) is 1. The van der Waals surface area contributed by atoms with Gasteiger partial charge in [0.25, 0.3) is 0 Å². The fourth-order valence-electron chi connectivity index (χ4n) is 2.88. The summed E-state index contributed by atoms with van der Waals surface area (Å²) in [5, 5.41) is 2.96. The van der Waals surface area contributed by atoms with Crippen molar-refractivity contribution in [3.8, 4) is 0 Å². The number of amides is 1. The molecule has 2 aromatic rings. The number of carbonyl (C=O) groups excluding carboxylic acids is 1. The fraction of sp³-hybridized carbons (Fsp3) is 0.500. The maximum Gasteiger partial charge on any atom is 0.407 e. The second kappa shape index (κ2) is 6.63. The molecule has 0 radical (unpaired) electrons. The number of alkyl carbamates (subject to hydrolysis) is 1. The molecular formula is C18H24N4O2. The number of piperidine rings is 1. The van der Waals surface area contributed by atoms with Gasteiger partial charge < -0.3 is 15.0 Å². The summed E-state index contributed by atoms with van der Waals surface area (Å²) in [6, 6.07) is 7.89. The summed E-state index contributed by atoms with van der Waals surface area (Å²) < 4.78 is 5.34. The fourth-order valence-corrected chi connectivity index (χ4v) is 2.88. The van der Waals surface area contributed by atoms with Gasteiger partial charge in [0.2, 0.25) is 0 Å². The zero-order valence-electron chi connectivity index (χ0n) is 14.5. The molecule has 1 saturated heterocycles. The monoisotopic (exact) mass is 328 g/mol. The summed E-state index contributed by atoms with van der Waals surface area (Å²) in [4.78, 5) is 23.3. The summed E-state index contributed by atoms with van der Waals surface area (Å²) >= 11 is 0. The molecule has 1 aromatic heterocycles. The highest BCUT2D eigenvalue weighted by Crippen LogP contribution is 2.20. The lowest BCUT2D eigenvalue weighted by atomic mass is 10.1. The van der Waals surface area contributed by atoms with E-state index in [2.05, 4.69) is 15.2 Å². The van der Waals surface area contributed by atoms with Crippen molar-refractivity contribution in [1.29, 1.82) is 0 Å². The van der Waals surface area contributed by atoms with E-state index in [0.717, 1.165) is 36.2 Å². The number of anilines is 1. The minimum absolute atomic E-state index is 0.0573. The van der Waals surface area contributed by atoms with Gasteiger partial charge in [0.15, 0.2) is 0 Å². The number of hydrogen-bond donors (Lipinski definition) is 1. The molecule has 1 N–H and O–H groups in total. The molecule has 0 spiro atoms. The van der Waals surface area contributed by atoms with Crippen molar-refractivity contribution in [2.24, 2.45) is 0 Å². The SMILES string of the molecule is CC(C)(C)OC(=O)N[C@H]1CCCN(c2cnc3ccccc3n2)C1. The van der Waals surface area contributed by atoms with E-state index in [1.54, 1.807) is 6.20 Å². The Balaban J connectivity index is 1.67. The van der Waals surface area contributed by atoms with Crippen LogP contribution in [0.25, 0.3) is 11.0 Å². The highest BCUT2D eigenvalue weighted by Gasteiger charge is 2.25. The van der Waals surface area contributed by atoms with Crippen molar-refractivity contribution in [1.82, 2.24) is 15.3 Å². The van der Waals surface area contributed by atoms with Crippen molar-refractivity contribution in [2.75, 3.05) is 18.0 Å². The van der Waals surface area contributed by atoms with E-state index in [4.69, 9.17) is 9.72 Å². The van der Waals surface area contributed by atoms with Gasteiger partial charge in [-0.2, -0.15) is 0 Å². The van der Waals surface area contributed by atoms with Crippen molar-refractivity contribution >= 4 is 22.9 Å². The molecular weight excluding hydrogens is 304 g/mol. The van der Waals surface area contributed by atoms with Crippen LogP contribution in [0.15, 0.2) is 30.5 Å². The first-order valence-electron chi connectivity index (χ1n) is 8.37. The molecule has 1 aromatic carbocycles. The Bertz CT molecular complexity index is 726. The van der Waals surface area contributed by atoms with E-state index in [-0.39, 0.29) is 12.1 Å². The van der Waals surface area contributed by atoms with Crippen LogP contribution < -0.4 is 10.2 Å². The van der Waals surface area contributed by atoms with Crippen LogP contribution in [0, 0.1) is 0 Å². The second-order valence-electron chi connectivity index (χ2n) is 7.15. The first-order valence-corrected chi connectivity index (χ1v) is 8.37. The third-order valence-corrected chi connectivity index (χ3v) is 3.90. The summed E-state index contributed by atoms with van der Waals surface area (Å²) in [6.45, 7) is 7.23. The van der Waals surface area contributed by atoms with Crippen LogP contribution >= 0.6 is 0 Å². The highest BCUT2D eigenvalue weighted by molar-refractivity contribution is 5.75. The summed E-state index contributed by atoms with van der Waals surface area (Å²) in [7, 11) is 0. The van der Waals surface area contributed by atoms with Gasteiger partial charge in [-0.25, -0.2) is 9.78 Å². The molecule has 1 aliphatic heterocycles. The zero-order chi connectivity index (χ0) is 17.2. The Hall–Kier alpha value is -2.37. The van der Waals surface area contributed by atoms with Crippen LogP contribution in [-0.4, -0.2) is 40.8 Å². The number of nitrogens with zero attached hydrogens (tertiary/aromatic N) is 3. The predicted octanol–water partition coefficient (Wildman–Crippen LogP) is 3.12. The Labute approximate surface area is 142 Å². The Morgan fingerprint density at radius 3 is 2.79 bits per heavy atom. The molecule has 1 atom stereocenters. The average molecular weight is 328 g/mol. The maximum atomic E-state index is 12.0. The van der Waals surface area contributed by atoms with Gasteiger partial charge in [0.1, 0.15) is 11.4 Å². The Morgan fingerprint density at radius 1 is 1.29 bits per heavy atom. The van der Waals surface area contributed by atoms with Gasteiger partial charge in [-0.3, -0.25) is 4.98 Å². The van der Waals surface area contributed by atoms with Gasteiger partial charge in [0, 0.05) is 19.1 Å². The van der Waals surface area contributed by atoms with Crippen LogP contribution in [0.1, 0.15) is 33.6 Å². The van der Waals surface area contributed by atoms with Gasteiger partial charge in [-0.1, -0.05) is 12.1 Å². The van der Waals surface area contributed by atoms with Gasteiger partial charge in [-0.05, 0) is 45.7 Å². The first kappa shape index (κ1) is 16.5. The van der Waals surface area contributed by atoms with Crippen molar-refractivity contribution in [2.45, 2.75) is 45.3 Å². The van der Waals surface area contributed by atoms with Crippen molar-refractivity contribution < 1.29 is 9.53 Å². The number of hydrogen-bond acceptors (Lipinski definition) is 5. The Morgan fingerprint density at radius 2 is 2.04 bits per heavy atom. The average Bonchev–Trinajstić information content (AvgIpc) is 2.53. The molecule has 0 bridgehead atoms. The van der Waals surface area contributed by atoms with E-state index in [0.29, 0.717) is 6.54 Å². The normalized spacial score (nSPS) is 18.5. The summed E-state index contributed by atoms with van der Waals surface area (Å²) in [6.07, 6.45) is 3.38. The molecule has 2 heterocycles. The molecule has 1 aliphatic rings. The lowest BCUT2D eigenvalue weighted by molar-refractivity contribution is 0.0500. The highest BCUT2D eigenvalue weighted by atomic mass is 16.6. The maximum absolute atomic E-state index is 12.0. The number of para-hydroxylation sites is 2. The number of nitrogens with one attached hydrogen (secondary N) is 1. The molecule has 6 heteroatoms. The van der Waals surface area contributed by atoms with E-state index in [1.807, 2.05) is 45.0 Å². The smallest absolute Gasteiger partial charge is 0.407 e. The van der Waals surface area contributed by atoms with Crippen LogP contribution in [0.4, 0.5) is 10.6 Å². The third-order valence-electron chi connectivity index (χ3n) is 3.90. The molecule has 6 nitrogen and oxygen atoms in total. The van der Waals surface area contributed by atoms with Gasteiger partial charge >= 0.3 is 6.09 Å². The first-order chi connectivity index (χ1) is 11.4. The number of carbonyl (C=O) groups is 1. The molecule has 128 valence electrons. The number of benzene rings is 1. The van der Waals surface area contributed by atoms with Gasteiger partial charge in [-0.15, -0.1) is 0 Å². The van der Waals surface area contributed by atoms with Crippen molar-refractivity contribution in [3.63, 3.8) is 0 Å². The second-order valence-corrected chi connectivity index (χ2v) is 7.15. The topological polar surface area (TPSA) is 67.3 Å². The van der Waals surface area contributed by atoms with E-state index in [1.165, 1.54) is 0 Å². The van der Waals surface area contributed by atoms with E-state index >= 15 is 0 Å². The Kier molecular flexibility index (Phi) is 4.55. The van der Waals surface area contributed by atoms with Crippen molar-refractivity contribution in [3.05, 3.63) is 30.5 Å². The van der Waals surface area contributed by atoms with Crippen LogP contribution in [0.3, 0.4) is 0 Å². The number of rotatable bonds is 2. The van der Waals surface area contributed by atoms with Crippen LogP contribution in [0.5, 0.6) is 0 Å². The molecule has 3 rings (SSSR count). The van der Waals surface area contributed by atoms with E-state index in [9.17, 15) is 4.79 Å². The van der Waals surface area contributed by atoms with Gasteiger partial charge in [0.05, 0.1) is 17.2 Å². The standard InChI is InChI=1S/C18H24N4O2/c1-18(2,3)24-17(23)20-13-7-6-10-22(12-13)16-11-19-14-8-4-5-9-15(14)21-16/h4-5,8-9,11,13H,6-7,10,12H2,1-3H3,(H,20,23)/t13-/m0/s1. The van der Waals surface area contributed by atoms with E-state index < -0.39 is 5.60 Å². The van der Waals surface area contributed by atoms with Crippen LogP contribution in [0.2, 0.25) is 0 Å². The third kappa shape index (κ3) is 4.13. The number of fused-ring (bicyclic) bond motifs is 1.